The topological polar surface area (TPSA) is 71.1 Å². The molecule has 0 spiro atoms. The van der Waals surface area contributed by atoms with Gasteiger partial charge in [0.25, 0.3) is 5.91 Å². The minimum atomic E-state index is -0.149. The summed E-state index contributed by atoms with van der Waals surface area (Å²) in [5, 5.41) is 6.75. The van der Waals surface area contributed by atoms with Crippen LogP contribution in [0.5, 0.6) is 0 Å². The summed E-state index contributed by atoms with van der Waals surface area (Å²) in [5.41, 5.74) is 0. The Kier molecular flexibility index (Phi) is 3.42. The molecule has 94 valence electrons. The molecule has 6 nitrogen and oxygen atoms in total. The summed E-state index contributed by atoms with van der Waals surface area (Å²) in [6.45, 7) is 5.32. The Morgan fingerprint density at radius 2 is 2.35 bits per heavy atom. The van der Waals surface area contributed by atoms with Crippen LogP contribution in [0.2, 0.25) is 0 Å². The first-order chi connectivity index (χ1) is 8.09. The number of H-pyrrole nitrogens is 1. The van der Waals surface area contributed by atoms with Crippen LogP contribution in [-0.4, -0.2) is 52.3 Å². The molecule has 0 radical (unpaired) electrons. The van der Waals surface area contributed by atoms with Crippen molar-refractivity contribution < 1.29 is 9.53 Å². The van der Waals surface area contributed by atoms with Crippen LogP contribution in [0.25, 0.3) is 0 Å². The third-order valence-corrected chi connectivity index (χ3v) is 3.01. The van der Waals surface area contributed by atoms with Gasteiger partial charge >= 0.3 is 0 Å². The fraction of sp³-hybridized carbons (Fsp3) is 0.727. The zero-order valence-corrected chi connectivity index (χ0v) is 10.4. The molecule has 0 saturated carbocycles. The van der Waals surface area contributed by atoms with E-state index in [4.69, 9.17) is 4.74 Å². The van der Waals surface area contributed by atoms with Crippen LogP contribution in [0.3, 0.4) is 0 Å². The Balaban J connectivity index is 2.07. The normalized spacial score (nSPS) is 19.9. The number of amides is 1. The average molecular weight is 238 g/mol. The number of nitrogens with zero attached hydrogens (tertiary/aromatic N) is 3. The Morgan fingerprint density at radius 3 is 2.88 bits per heavy atom. The minimum absolute atomic E-state index is 0.142. The zero-order valence-electron chi connectivity index (χ0n) is 10.4. The van der Waals surface area contributed by atoms with Crippen molar-refractivity contribution in [3.05, 3.63) is 11.6 Å². The average Bonchev–Trinajstić information content (AvgIpc) is 2.97. The second kappa shape index (κ2) is 4.83. The van der Waals surface area contributed by atoms with Crippen molar-refractivity contribution in [1.82, 2.24) is 20.1 Å². The number of nitrogens with one attached hydrogen (secondary N) is 1. The van der Waals surface area contributed by atoms with Crippen molar-refractivity contribution in [3.8, 4) is 0 Å². The Labute approximate surface area is 100 Å². The highest BCUT2D eigenvalue weighted by molar-refractivity contribution is 5.90. The van der Waals surface area contributed by atoms with Gasteiger partial charge < -0.3 is 9.64 Å². The Bertz CT molecular complexity index is 396. The molecule has 2 rings (SSSR count). The summed E-state index contributed by atoms with van der Waals surface area (Å²) in [5.74, 6) is 1.07. The van der Waals surface area contributed by atoms with Crippen molar-refractivity contribution >= 4 is 5.91 Å². The van der Waals surface area contributed by atoms with Crippen molar-refractivity contribution in [2.24, 2.45) is 0 Å². The smallest absolute Gasteiger partial charge is 0.293 e. The maximum Gasteiger partial charge on any atom is 0.293 e. The molecule has 17 heavy (non-hydrogen) atoms. The number of rotatable bonds is 3. The van der Waals surface area contributed by atoms with Gasteiger partial charge in [0.2, 0.25) is 5.82 Å². The van der Waals surface area contributed by atoms with Gasteiger partial charge in [0, 0.05) is 19.6 Å². The number of aromatic amines is 1. The van der Waals surface area contributed by atoms with Gasteiger partial charge in [0.05, 0.1) is 12.6 Å². The zero-order chi connectivity index (χ0) is 12.4. The lowest BCUT2D eigenvalue weighted by atomic mass is 10.2. The maximum absolute atomic E-state index is 12.1. The van der Waals surface area contributed by atoms with E-state index in [0.717, 1.165) is 12.2 Å². The van der Waals surface area contributed by atoms with Crippen LogP contribution < -0.4 is 0 Å². The second-order valence-electron chi connectivity index (χ2n) is 4.63. The fourth-order valence-electron chi connectivity index (χ4n) is 1.78. The van der Waals surface area contributed by atoms with Gasteiger partial charge in [-0.15, -0.1) is 5.10 Å². The summed E-state index contributed by atoms with van der Waals surface area (Å²) in [7, 11) is 1.77. The van der Waals surface area contributed by atoms with Crippen LogP contribution in [0.15, 0.2) is 0 Å². The Morgan fingerprint density at radius 1 is 1.59 bits per heavy atom. The van der Waals surface area contributed by atoms with E-state index in [9.17, 15) is 4.79 Å². The van der Waals surface area contributed by atoms with E-state index in [-0.39, 0.29) is 23.7 Å². The van der Waals surface area contributed by atoms with Gasteiger partial charge in [0.1, 0.15) is 5.82 Å². The summed E-state index contributed by atoms with van der Waals surface area (Å²) >= 11 is 0. The molecule has 0 aromatic carbocycles. The standard InChI is InChI=1S/C11H18N4O2/c1-7(2)9-12-10(14-13-9)11(16)15(3)8-4-5-17-6-8/h7-8H,4-6H2,1-3H3,(H,12,13,14). The van der Waals surface area contributed by atoms with E-state index >= 15 is 0 Å². The minimum Gasteiger partial charge on any atom is -0.379 e. The third-order valence-electron chi connectivity index (χ3n) is 3.01. The fourth-order valence-corrected chi connectivity index (χ4v) is 1.78. The molecule has 1 fully saturated rings. The number of likely N-dealkylation sites (N-methyl/N-ethyl adjacent to an activating group) is 1. The molecule has 0 aliphatic carbocycles. The lowest BCUT2D eigenvalue weighted by molar-refractivity contribution is 0.0699. The van der Waals surface area contributed by atoms with Gasteiger partial charge in [0.15, 0.2) is 0 Å². The third kappa shape index (κ3) is 2.46. The molecule has 6 heteroatoms. The molecule has 1 saturated heterocycles. The molecule has 1 aliphatic heterocycles. The number of carbonyl (C=O) groups excluding carboxylic acids is 1. The van der Waals surface area contributed by atoms with Crippen LogP contribution in [-0.2, 0) is 4.74 Å². The van der Waals surface area contributed by atoms with E-state index in [1.807, 2.05) is 13.8 Å². The first-order valence-corrected chi connectivity index (χ1v) is 5.86. The molecule has 1 N–H and O–H groups in total. The summed E-state index contributed by atoms with van der Waals surface area (Å²) in [4.78, 5) is 18.0. The van der Waals surface area contributed by atoms with Crippen LogP contribution >= 0.6 is 0 Å². The summed E-state index contributed by atoms with van der Waals surface area (Å²) < 4.78 is 5.27. The lowest BCUT2D eigenvalue weighted by Crippen LogP contribution is -2.37. The molecule has 1 aliphatic rings. The number of hydrogen-bond acceptors (Lipinski definition) is 4. The highest BCUT2D eigenvalue weighted by Gasteiger charge is 2.27. The van der Waals surface area contributed by atoms with Crippen LogP contribution in [0.4, 0.5) is 0 Å². The lowest BCUT2D eigenvalue weighted by Gasteiger charge is -2.21. The number of carbonyl (C=O) groups is 1. The van der Waals surface area contributed by atoms with Gasteiger partial charge in [-0.1, -0.05) is 13.8 Å². The van der Waals surface area contributed by atoms with Gasteiger partial charge in [-0.3, -0.25) is 9.89 Å². The molecule has 1 unspecified atom stereocenters. The number of hydrogen-bond donors (Lipinski definition) is 1. The molecular weight excluding hydrogens is 220 g/mol. The quantitative estimate of drug-likeness (QED) is 0.845. The molecular formula is C11H18N4O2. The maximum atomic E-state index is 12.1. The van der Waals surface area contributed by atoms with E-state index in [0.29, 0.717) is 13.2 Å². The molecule has 0 bridgehead atoms. The number of aromatic nitrogens is 3. The molecule has 1 atom stereocenters. The van der Waals surface area contributed by atoms with Crippen molar-refractivity contribution in [2.75, 3.05) is 20.3 Å². The summed E-state index contributed by atoms with van der Waals surface area (Å²) in [6.07, 6.45) is 0.879. The van der Waals surface area contributed by atoms with Gasteiger partial charge in [-0.05, 0) is 6.42 Å². The van der Waals surface area contributed by atoms with Crippen LogP contribution in [0.1, 0.15) is 42.6 Å². The predicted molar refractivity (Wildman–Crippen MR) is 61.8 cm³/mol. The van der Waals surface area contributed by atoms with Gasteiger partial charge in [-0.2, -0.15) is 0 Å². The van der Waals surface area contributed by atoms with Crippen LogP contribution in [0, 0.1) is 0 Å². The molecule has 2 heterocycles. The second-order valence-corrected chi connectivity index (χ2v) is 4.63. The van der Waals surface area contributed by atoms with E-state index in [1.165, 1.54) is 0 Å². The monoisotopic (exact) mass is 238 g/mol. The first kappa shape index (κ1) is 12.0. The SMILES string of the molecule is CC(C)c1nc(C(=O)N(C)C2CCOC2)n[nH]1. The van der Waals surface area contributed by atoms with Crippen molar-refractivity contribution in [1.29, 1.82) is 0 Å². The largest absolute Gasteiger partial charge is 0.379 e. The highest BCUT2D eigenvalue weighted by atomic mass is 16.5. The van der Waals surface area contributed by atoms with Gasteiger partial charge in [-0.25, -0.2) is 4.98 Å². The highest BCUT2D eigenvalue weighted by Crippen LogP contribution is 2.14. The first-order valence-electron chi connectivity index (χ1n) is 5.86. The van der Waals surface area contributed by atoms with E-state index < -0.39 is 0 Å². The summed E-state index contributed by atoms with van der Waals surface area (Å²) in [6, 6.07) is 0.142. The predicted octanol–water partition coefficient (Wildman–Crippen LogP) is 0.789. The van der Waals surface area contributed by atoms with E-state index in [1.54, 1.807) is 11.9 Å². The van der Waals surface area contributed by atoms with E-state index in [2.05, 4.69) is 15.2 Å². The van der Waals surface area contributed by atoms with Crippen molar-refractivity contribution in [3.63, 3.8) is 0 Å². The number of ether oxygens (including phenoxy) is 1. The van der Waals surface area contributed by atoms with Crippen molar-refractivity contribution in [2.45, 2.75) is 32.2 Å². The molecule has 1 aromatic rings. The molecule has 1 aromatic heterocycles. The molecule has 1 amide bonds. The Hall–Kier alpha value is -1.43.